The van der Waals surface area contributed by atoms with Gasteiger partial charge in [-0.05, 0) is 27.3 Å². The van der Waals surface area contributed by atoms with E-state index in [1.807, 2.05) is 6.92 Å². The van der Waals surface area contributed by atoms with Crippen LogP contribution in [0.4, 0.5) is 0 Å². The van der Waals surface area contributed by atoms with E-state index < -0.39 is 0 Å². The maximum Gasteiger partial charge on any atom is 0.278 e. The van der Waals surface area contributed by atoms with Crippen molar-refractivity contribution in [3.05, 3.63) is 17.1 Å². The summed E-state index contributed by atoms with van der Waals surface area (Å²) in [5.74, 6) is 1.16. The van der Waals surface area contributed by atoms with Gasteiger partial charge in [-0.3, -0.25) is 4.68 Å². The molecule has 0 bridgehead atoms. The molecule has 18 heavy (non-hydrogen) atoms. The molecule has 0 atom stereocenters. The van der Waals surface area contributed by atoms with Gasteiger partial charge in [0.05, 0.1) is 5.69 Å². The molecule has 6 nitrogen and oxygen atoms in total. The highest BCUT2D eigenvalue weighted by Crippen LogP contribution is 2.25. The first-order valence-corrected chi connectivity index (χ1v) is 6.20. The Morgan fingerprint density at radius 1 is 1.22 bits per heavy atom. The Bertz CT molecular complexity index is 571. The molecule has 0 amide bonds. The van der Waals surface area contributed by atoms with Crippen molar-refractivity contribution < 1.29 is 4.52 Å². The van der Waals surface area contributed by atoms with Gasteiger partial charge in [-0.1, -0.05) is 5.16 Å². The van der Waals surface area contributed by atoms with Gasteiger partial charge in [0.1, 0.15) is 0 Å². The van der Waals surface area contributed by atoms with Gasteiger partial charge in [0.25, 0.3) is 5.89 Å². The molecule has 0 unspecified atom stereocenters. The third-order valence-electron chi connectivity index (χ3n) is 3.38. The van der Waals surface area contributed by atoms with E-state index in [-0.39, 0.29) is 0 Å². The Balaban J connectivity index is 2.06. The Kier molecular flexibility index (Phi) is 2.66. The summed E-state index contributed by atoms with van der Waals surface area (Å²) in [5.41, 5.74) is 3.22. The van der Waals surface area contributed by atoms with Gasteiger partial charge in [0.2, 0.25) is 0 Å². The summed E-state index contributed by atoms with van der Waals surface area (Å²) >= 11 is 0. The number of rotatable bonds is 1. The van der Waals surface area contributed by atoms with Gasteiger partial charge >= 0.3 is 0 Å². The molecule has 2 aromatic rings. The second-order valence-electron chi connectivity index (χ2n) is 4.88. The quantitative estimate of drug-likeness (QED) is 0.762. The van der Waals surface area contributed by atoms with E-state index in [9.17, 15) is 0 Å². The van der Waals surface area contributed by atoms with Crippen molar-refractivity contribution in [2.75, 3.05) is 13.6 Å². The SMILES string of the molecule is Cc1noc(-c2nn3c(c2C)CN(C)CCC3)n1. The zero-order chi connectivity index (χ0) is 12.7. The van der Waals surface area contributed by atoms with Crippen molar-refractivity contribution in [3.63, 3.8) is 0 Å². The second kappa shape index (κ2) is 4.20. The maximum atomic E-state index is 5.22. The van der Waals surface area contributed by atoms with Gasteiger partial charge in [0, 0.05) is 25.2 Å². The molecule has 1 aliphatic heterocycles. The highest BCUT2D eigenvalue weighted by Gasteiger charge is 2.22. The Labute approximate surface area is 106 Å². The highest BCUT2D eigenvalue weighted by atomic mass is 16.5. The average Bonchev–Trinajstić information content (AvgIpc) is 2.81. The number of aryl methyl sites for hydroxylation is 2. The fourth-order valence-corrected chi connectivity index (χ4v) is 2.39. The first kappa shape index (κ1) is 11.4. The molecule has 1 aliphatic rings. The largest absolute Gasteiger partial charge is 0.332 e. The lowest BCUT2D eigenvalue weighted by Crippen LogP contribution is -2.17. The van der Waals surface area contributed by atoms with Crippen molar-refractivity contribution in [3.8, 4) is 11.6 Å². The molecule has 0 saturated carbocycles. The third-order valence-corrected chi connectivity index (χ3v) is 3.38. The summed E-state index contributed by atoms with van der Waals surface area (Å²) in [6.45, 7) is 6.88. The predicted octanol–water partition coefficient (Wildman–Crippen LogP) is 1.39. The molecule has 3 heterocycles. The van der Waals surface area contributed by atoms with Crippen LogP contribution < -0.4 is 0 Å². The minimum absolute atomic E-state index is 0.522. The van der Waals surface area contributed by atoms with E-state index >= 15 is 0 Å². The van der Waals surface area contributed by atoms with E-state index in [0.717, 1.165) is 37.3 Å². The monoisotopic (exact) mass is 247 g/mol. The molecule has 6 heteroatoms. The molecule has 0 saturated heterocycles. The van der Waals surface area contributed by atoms with Crippen LogP contribution >= 0.6 is 0 Å². The van der Waals surface area contributed by atoms with Crippen LogP contribution in [0.15, 0.2) is 4.52 Å². The van der Waals surface area contributed by atoms with Gasteiger partial charge in [-0.15, -0.1) is 0 Å². The predicted molar refractivity (Wildman–Crippen MR) is 65.9 cm³/mol. The number of aromatic nitrogens is 4. The standard InChI is InChI=1S/C12H17N5O/c1-8-10-7-16(3)5-4-6-17(10)14-11(8)12-13-9(2)15-18-12/h4-7H2,1-3H3. The molecule has 0 fully saturated rings. The van der Waals surface area contributed by atoms with E-state index in [1.54, 1.807) is 0 Å². The number of nitrogens with zero attached hydrogens (tertiary/aromatic N) is 5. The van der Waals surface area contributed by atoms with Crippen LogP contribution in [0.5, 0.6) is 0 Å². The molecule has 0 spiro atoms. The second-order valence-corrected chi connectivity index (χ2v) is 4.88. The minimum atomic E-state index is 0.522. The lowest BCUT2D eigenvalue weighted by Gasteiger charge is -2.12. The van der Waals surface area contributed by atoms with Crippen LogP contribution in [0, 0.1) is 13.8 Å². The van der Waals surface area contributed by atoms with Crippen LogP contribution in [-0.2, 0) is 13.1 Å². The van der Waals surface area contributed by atoms with E-state index in [2.05, 4.69) is 38.8 Å². The van der Waals surface area contributed by atoms with Gasteiger partial charge in [0.15, 0.2) is 11.5 Å². The topological polar surface area (TPSA) is 60.0 Å². The van der Waals surface area contributed by atoms with Crippen LogP contribution in [0.1, 0.15) is 23.5 Å². The van der Waals surface area contributed by atoms with Gasteiger partial charge in [-0.25, -0.2) is 0 Å². The smallest absolute Gasteiger partial charge is 0.278 e. The zero-order valence-electron chi connectivity index (χ0n) is 11.0. The summed E-state index contributed by atoms with van der Waals surface area (Å²) < 4.78 is 7.29. The van der Waals surface area contributed by atoms with Crippen LogP contribution in [0.2, 0.25) is 0 Å². The molecule has 0 radical (unpaired) electrons. The Morgan fingerprint density at radius 3 is 2.78 bits per heavy atom. The van der Waals surface area contributed by atoms with Crippen LogP contribution in [0.25, 0.3) is 11.6 Å². The van der Waals surface area contributed by atoms with Crippen molar-refractivity contribution in [1.82, 2.24) is 24.8 Å². The molecule has 0 aromatic carbocycles. The molecule has 96 valence electrons. The summed E-state index contributed by atoms with van der Waals surface area (Å²) in [7, 11) is 2.14. The molecular formula is C12H17N5O. The molecular weight excluding hydrogens is 230 g/mol. The van der Waals surface area contributed by atoms with E-state index in [4.69, 9.17) is 4.52 Å². The van der Waals surface area contributed by atoms with Crippen LogP contribution in [0.3, 0.4) is 0 Å². The van der Waals surface area contributed by atoms with Gasteiger partial charge in [-0.2, -0.15) is 10.1 Å². The average molecular weight is 247 g/mol. The van der Waals surface area contributed by atoms with Crippen molar-refractivity contribution >= 4 is 0 Å². The number of hydrogen-bond donors (Lipinski definition) is 0. The fraction of sp³-hybridized carbons (Fsp3) is 0.583. The van der Waals surface area contributed by atoms with Crippen molar-refractivity contribution in [2.45, 2.75) is 33.4 Å². The lowest BCUT2D eigenvalue weighted by molar-refractivity contribution is 0.331. The molecule has 2 aromatic heterocycles. The third kappa shape index (κ3) is 1.82. The summed E-state index contributed by atoms with van der Waals surface area (Å²) in [6.07, 6.45) is 1.12. The maximum absolute atomic E-state index is 5.22. The first-order valence-electron chi connectivity index (χ1n) is 6.20. The summed E-state index contributed by atoms with van der Waals surface area (Å²) in [6, 6.07) is 0. The highest BCUT2D eigenvalue weighted by molar-refractivity contribution is 5.54. The Hall–Kier alpha value is -1.69. The van der Waals surface area contributed by atoms with E-state index in [0.29, 0.717) is 11.7 Å². The lowest BCUT2D eigenvalue weighted by atomic mass is 10.2. The fourth-order valence-electron chi connectivity index (χ4n) is 2.39. The molecule has 3 rings (SSSR count). The minimum Gasteiger partial charge on any atom is -0.332 e. The van der Waals surface area contributed by atoms with E-state index in [1.165, 1.54) is 5.69 Å². The zero-order valence-corrected chi connectivity index (χ0v) is 11.0. The van der Waals surface area contributed by atoms with Gasteiger partial charge < -0.3 is 9.42 Å². The number of hydrogen-bond acceptors (Lipinski definition) is 5. The van der Waals surface area contributed by atoms with Crippen molar-refractivity contribution in [2.24, 2.45) is 0 Å². The summed E-state index contributed by atoms with van der Waals surface area (Å²) in [4.78, 5) is 6.58. The molecule has 0 N–H and O–H groups in total. The molecule has 0 aliphatic carbocycles. The van der Waals surface area contributed by atoms with Crippen LogP contribution in [-0.4, -0.2) is 38.4 Å². The number of fused-ring (bicyclic) bond motifs is 1. The van der Waals surface area contributed by atoms with Crippen molar-refractivity contribution in [1.29, 1.82) is 0 Å². The normalized spacial score (nSPS) is 16.6. The first-order chi connectivity index (χ1) is 8.65. The summed E-state index contributed by atoms with van der Waals surface area (Å²) in [5, 5.41) is 8.45. The Morgan fingerprint density at radius 2 is 2.06 bits per heavy atom.